The Morgan fingerprint density at radius 1 is 0.886 bits per heavy atom. The summed E-state index contributed by atoms with van der Waals surface area (Å²) in [4.78, 5) is 28.5. The van der Waals surface area contributed by atoms with E-state index >= 15 is 0 Å². The molecule has 176 valence electrons. The molecule has 0 saturated carbocycles. The Kier molecular flexibility index (Phi) is 5.90. The van der Waals surface area contributed by atoms with Crippen molar-refractivity contribution >= 4 is 34.3 Å². The molecule has 0 fully saturated rings. The highest BCUT2D eigenvalue weighted by atomic mass is 32.2. The smallest absolute Gasteiger partial charge is 0.267 e. The van der Waals surface area contributed by atoms with E-state index in [9.17, 15) is 9.59 Å². The van der Waals surface area contributed by atoms with Gasteiger partial charge in [-0.3, -0.25) is 14.0 Å². The second-order valence-corrected chi connectivity index (χ2v) is 9.73. The van der Waals surface area contributed by atoms with Crippen LogP contribution in [0.1, 0.15) is 21.9 Å². The number of benzene rings is 3. The lowest BCUT2D eigenvalue weighted by atomic mass is 10.1. The lowest BCUT2D eigenvalue weighted by Crippen LogP contribution is -2.27. The molecule has 0 aliphatic carbocycles. The van der Waals surface area contributed by atoms with Crippen molar-refractivity contribution in [1.82, 2.24) is 24.1 Å². The number of carbonyl (C=O) groups is 1. The van der Waals surface area contributed by atoms with Crippen molar-refractivity contribution in [2.24, 2.45) is 0 Å². The van der Waals surface area contributed by atoms with Crippen LogP contribution in [-0.2, 0) is 4.79 Å². The van der Waals surface area contributed by atoms with Crippen molar-refractivity contribution in [3.05, 3.63) is 99.8 Å². The molecule has 0 N–H and O–H groups in total. The Labute approximate surface area is 207 Å². The first kappa shape index (κ1) is 22.9. The molecule has 3 aromatic carbocycles. The average Bonchev–Trinajstić information content (AvgIpc) is 3.28. The summed E-state index contributed by atoms with van der Waals surface area (Å²) in [5, 5.41) is 9.54. The maximum absolute atomic E-state index is 13.7. The Balaban J connectivity index is 1.80. The molecule has 5 aromatic rings. The number of nitrogens with zero attached hydrogens (tertiary/aromatic N) is 5. The molecule has 0 spiro atoms. The number of aromatic nitrogens is 4. The minimum Gasteiger partial charge on any atom is -0.348 e. The zero-order valence-electron chi connectivity index (χ0n) is 20.0. The summed E-state index contributed by atoms with van der Waals surface area (Å²) in [7, 11) is 3.49. The van der Waals surface area contributed by atoms with Gasteiger partial charge in [-0.2, -0.15) is 0 Å². The van der Waals surface area contributed by atoms with E-state index in [0.29, 0.717) is 21.8 Å². The van der Waals surface area contributed by atoms with Gasteiger partial charge in [-0.1, -0.05) is 72.4 Å². The molecule has 0 aliphatic heterocycles. The SMILES string of the molecule is Cc1cccc(C)c1-n1c(=O)c2ccccc2n2c(SC(C(=O)N(C)C)c3ccccc3)nnc12. The van der Waals surface area contributed by atoms with Crippen molar-refractivity contribution in [3.8, 4) is 5.69 Å². The predicted octanol–water partition coefficient (Wildman–Crippen LogP) is 4.57. The van der Waals surface area contributed by atoms with Crippen LogP contribution < -0.4 is 5.56 Å². The second kappa shape index (κ2) is 9.03. The van der Waals surface area contributed by atoms with Gasteiger partial charge in [0.05, 0.1) is 16.6 Å². The number of amides is 1. The zero-order chi connectivity index (χ0) is 24.7. The van der Waals surface area contributed by atoms with E-state index < -0.39 is 5.25 Å². The fourth-order valence-corrected chi connectivity index (χ4v) is 5.53. The maximum Gasteiger partial charge on any atom is 0.267 e. The average molecular weight is 484 g/mol. The zero-order valence-corrected chi connectivity index (χ0v) is 20.8. The summed E-state index contributed by atoms with van der Waals surface area (Å²) in [6.45, 7) is 3.96. The third kappa shape index (κ3) is 3.89. The van der Waals surface area contributed by atoms with Crippen LogP contribution in [0, 0.1) is 13.8 Å². The highest BCUT2D eigenvalue weighted by Crippen LogP contribution is 2.36. The normalized spacial score (nSPS) is 12.2. The summed E-state index contributed by atoms with van der Waals surface area (Å²) >= 11 is 1.33. The van der Waals surface area contributed by atoms with E-state index in [1.165, 1.54) is 11.8 Å². The van der Waals surface area contributed by atoms with Crippen LogP contribution in [0.25, 0.3) is 22.4 Å². The van der Waals surface area contributed by atoms with Crippen molar-refractivity contribution in [3.63, 3.8) is 0 Å². The fourth-order valence-electron chi connectivity index (χ4n) is 4.34. The van der Waals surface area contributed by atoms with Gasteiger partial charge in [0.2, 0.25) is 11.7 Å². The van der Waals surface area contributed by atoms with Gasteiger partial charge in [0.25, 0.3) is 5.56 Å². The molecule has 0 bridgehead atoms. The standard InChI is InChI=1S/C27H25N5O2S/c1-17-11-10-12-18(2)22(17)32-24(33)20-15-8-9-16-21(20)31-26(32)28-29-27(31)35-23(25(34)30(3)4)19-13-6-5-7-14-19/h5-16,23H,1-4H3. The number of carbonyl (C=O) groups excluding carboxylic acids is 1. The largest absolute Gasteiger partial charge is 0.348 e. The summed E-state index contributed by atoms with van der Waals surface area (Å²) in [5.41, 5.74) is 4.14. The van der Waals surface area contributed by atoms with Crippen molar-refractivity contribution < 1.29 is 4.79 Å². The van der Waals surface area contributed by atoms with Gasteiger partial charge >= 0.3 is 0 Å². The molecular weight excluding hydrogens is 458 g/mol. The van der Waals surface area contributed by atoms with E-state index in [-0.39, 0.29) is 11.5 Å². The van der Waals surface area contributed by atoms with Crippen molar-refractivity contribution in [1.29, 1.82) is 0 Å². The van der Waals surface area contributed by atoms with E-state index in [1.807, 2.05) is 91.0 Å². The van der Waals surface area contributed by atoms with Crippen molar-refractivity contribution in [2.75, 3.05) is 14.1 Å². The number of aryl methyl sites for hydroxylation is 2. The molecule has 8 heteroatoms. The lowest BCUT2D eigenvalue weighted by molar-refractivity contribution is -0.128. The molecular formula is C27H25N5O2S. The molecule has 1 unspecified atom stereocenters. The molecule has 1 atom stereocenters. The van der Waals surface area contributed by atoms with Gasteiger partial charge in [-0.05, 0) is 42.7 Å². The summed E-state index contributed by atoms with van der Waals surface area (Å²) < 4.78 is 3.52. The van der Waals surface area contributed by atoms with Crippen LogP contribution in [0.3, 0.4) is 0 Å². The molecule has 1 amide bonds. The topological polar surface area (TPSA) is 72.5 Å². The molecule has 0 radical (unpaired) electrons. The maximum atomic E-state index is 13.7. The van der Waals surface area contributed by atoms with Crippen LogP contribution >= 0.6 is 11.8 Å². The molecule has 2 aromatic heterocycles. The third-order valence-electron chi connectivity index (χ3n) is 6.05. The van der Waals surface area contributed by atoms with Gasteiger partial charge in [-0.15, -0.1) is 10.2 Å². The van der Waals surface area contributed by atoms with E-state index in [0.717, 1.165) is 22.4 Å². The first-order valence-corrected chi connectivity index (χ1v) is 12.1. The van der Waals surface area contributed by atoms with E-state index in [1.54, 1.807) is 23.6 Å². The quantitative estimate of drug-likeness (QED) is 0.343. The lowest BCUT2D eigenvalue weighted by Gasteiger charge is -2.20. The van der Waals surface area contributed by atoms with Crippen molar-refractivity contribution in [2.45, 2.75) is 24.3 Å². The highest BCUT2D eigenvalue weighted by Gasteiger charge is 2.27. The van der Waals surface area contributed by atoms with Crippen LogP contribution in [0.5, 0.6) is 0 Å². The van der Waals surface area contributed by atoms with E-state index in [4.69, 9.17) is 0 Å². The number of likely N-dealkylation sites (N-methyl/N-ethyl adjacent to an activating group) is 1. The molecule has 0 aliphatic rings. The predicted molar refractivity (Wildman–Crippen MR) is 139 cm³/mol. The molecule has 5 rings (SSSR count). The monoisotopic (exact) mass is 483 g/mol. The number of hydrogen-bond donors (Lipinski definition) is 0. The first-order chi connectivity index (χ1) is 16.9. The minimum absolute atomic E-state index is 0.0506. The number of fused-ring (bicyclic) bond motifs is 3. The summed E-state index contributed by atoms with van der Waals surface area (Å²) in [6.07, 6.45) is 0. The molecule has 2 heterocycles. The molecule has 35 heavy (non-hydrogen) atoms. The Morgan fingerprint density at radius 3 is 2.23 bits per heavy atom. The highest BCUT2D eigenvalue weighted by molar-refractivity contribution is 8.00. The Bertz CT molecular complexity index is 1600. The second-order valence-electron chi connectivity index (χ2n) is 8.66. The summed E-state index contributed by atoms with van der Waals surface area (Å²) in [6, 6.07) is 23.0. The van der Waals surface area contributed by atoms with Crippen LogP contribution in [-0.4, -0.2) is 44.1 Å². The number of rotatable bonds is 5. The molecule has 7 nitrogen and oxygen atoms in total. The first-order valence-electron chi connectivity index (χ1n) is 11.3. The van der Waals surface area contributed by atoms with Gasteiger partial charge in [-0.25, -0.2) is 4.57 Å². The number of hydrogen-bond acceptors (Lipinski definition) is 5. The van der Waals surface area contributed by atoms with Gasteiger partial charge in [0.1, 0.15) is 5.25 Å². The van der Waals surface area contributed by atoms with E-state index in [2.05, 4.69) is 10.2 Å². The third-order valence-corrected chi connectivity index (χ3v) is 7.23. The summed E-state index contributed by atoms with van der Waals surface area (Å²) in [5.74, 6) is 0.364. The number of para-hydroxylation sites is 2. The Hall–Kier alpha value is -3.91. The van der Waals surface area contributed by atoms with Gasteiger partial charge < -0.3 is 4.90 Å². The van der Waals surface area contributed by atoms with Crippen LogP contribution in [0.4, 0.5) is 0 Å². The molecule has 0 saturated heterocycles. The van der Waals surface area contributed by atoms with Gasteiger partial charge in [0, 0.05) is 14.1 Å². The Morgan fingerprint density at radius 2 is 1.54 bits per heavy atom. The van der Waals surface area contributed by atoms with Gasteiger partial charge in [0.15, 0.2) is 5.16 Å². The van der Waals surface area contributed by atoms with Crippen LogP contribution in [0.2, 0.25) is 0 Å². The minimum atomic E-state index is -0.516. The van der Waals surface area contributed by atoms with Crippen LogP contribution in [0.15, 0.2) is 82.7 Å². The fraction of sp³-hybridized carbons (Fsp3) is 0.185. The number of thioether (sulfide) groups is 1.